The maximum absolute atomic E-state index is 10.7. The number of methoxy groups -OCH3 is 2. The lowest BCUT2D eigenvalue weighted by atomic mass is 10.1. The Morgan fingerprint density at radius 1 is 1.42 bits per heavy atom. The summed E-state index contributed by atoms with van der Waals surface area (Å²) < 4.78 is 10.4. The molecule has 0 bridgehead atoms. The number of nitrogens with two attached hydrogens (primary N) is 1. The van der Waals surface area contributed by atoms with Crippen LogP contribution in [0, 0.1) is 0 Å². The van der Waals surface area contributed by atoms with Crippen LogP contribution >= 0.6 is 0 Å². The molecular formula is C13H20N2O4. The fourth-order valence-corrected chi connectivity index (χ4v) is 1.75. The Balaban J connectivity index is 2.73. The second kappa shape index (κ2) is 6.96. The van der Waals surface area contributed by atoms with Crippen molar-refractivity contribution in [3.63, 3.8) is 0 Å². The number of nitrogens with zero attached hydrogens (tertiary/aromatic N) is 1. The molecule has 0 heterocycles. The molecule has 0 saturated heterocycles. The van der Waals surface area contributed by atoms with Crippen LogP contribution in [0.5, 0.6) is 11.5 Å². The van der Waals surface area contributed by atoms with Gasteiger partial charge in [0.05, 0.1) is 14.2 Å². The lowest BCUT2D eigenvalue weighted by molar-refractivity contribution is -0.138. The Kier molecular flexibility index (Phi) is 5.59. The lowest BCUT2D eigenvalue weighted by Crippen LogP contribution is -2.40. The van der Waals surface area contributed by atoms with Crippen molar-refractivity contribution in [2.75, 3.05) is 27.8 Å². The van der Waals surface area contributed by atoms with Gasteiger partial charge in [-0.05, 0) is 13.1 Å². The molecule has 19 heavy (non-hydrogen) atoms. The number of benzene rings is 1. The summed E-state index contributed by atoms with van der Waals surface area (Å²) in [4.78, 5) is 12.5. The summed E-state index contributed by atoms with van der Waals surface area (Å²) in [6, 6.07) is 4.62. The van der Waals surface area contributed by atoms with E-state index in [2.05, 4.69) is 0 Å². The normalized spacial score (nSPS) is 12.3. The number of rotatable bonds is 7. The quantitative estimate of drug-likeness (QED) is 0.751. The summed E-state index contributed by atoms with van der Waals surface area (Å²) in [5.74, 6) is 0.411. The molecule has 0 aliphatic rings. The lowest BCUT2D eigenvalue weighted by Gasteiger charge is -2.20. The molecule has 6 nitrogen and oxygen atoms in total. The Morgan fingerprint density at radius 3 is 2.63 bits per heavy atom. The topological polar surface area (TPSA) is 85.0 Å². The Hall–Kier alpha value is -1.79. The number of aliphatic carboxylic acids is 1. The van der Waals surface area contributed by atoms with Crippen LogP contribution in [-0.2, 0) is 11.3 Å². The van der Waals surface area contributed by atoms with E-state index in [4.69, 9.17) is 20.3 Å². The molecule has 0 saturated carbocycles. The first-order valence-corrected chi connectivity index (χ1v) is 5.85. The smallest absolute Gasteiger partial charge is 0.321 e. The van der Waals surface area contributed by atoms with E-state index in [0.717, 1.165) is 5.56 Å². The zero-order valence-corrected chi connectivity index (χ0v) is 11.4. The highest BCUT2D eigenvalue weighted by Gasteiger charge is 2.15. The van der Waals surface area contributed by atoms with Crippen LogP contribution in [0.1, 0.15) is 5.56 Å². The molecule has 0 amide bonds. The first kappa shape index (κ1) is 15.3. The molecule has 0 aliphatic carbocycles. The van der Waals surface area contributed by atoms with Crippen LogP contribution in [0.4, 0.5) is 0 Å². The number of carboxylic acids is 1. The Labute approximate surface area is 112 Å². The number of hydrogen-bond acceptors (Lipinski definition) is 5. The first-order chi connectivity index (χ1) is 8.97. The highest BCUT2D eigenvalue weighted by atomic mass is 16.5. The summed E-state index contributed by atoms with van der Waals surface area (Å²) in [7, 11) is 4.99. The van der Waals surface area contributed by atoms with Gasteiger partial charge in [0, 0.05) is 24.7 Å². The van der Waals surface area contributed by atoms with Crippen LogP contribution < -0.4 is 15.2 Å². The Morgan fingerprint density at radius 2 is 2.11 bits per heavy atom. The van der Waals surface area contributed by atoms with Crippen LogP contribution in [0.25, 0.3) is 0 Å². The van der Waals surface area contributed by atoms with Gasteiger partial charge in [0.1, 0.15) is 17.5 Å². The summed E-state index contributed by atoms with van der Waals surface area (Å²) in [6.45, 7) is 0.818. The number of carboxylic acid groups (broad SMARTS) is 1. The molecule has 0 spiro atoms. The van der Waals surface area contributed by atoms with Gasteiger partial charge in [-0.15, -0.1) is 0 Å². The molecule has 1 atom stereocenters. The molecule has 0 aliphatic heterocycles. The molecular weight excluding hydrogens is 248 g/mol. The first-order valence-electron chi connectivity index (χ1n) is 5.85. The van der Waals surface area contributed by atoms with E-state index in [9.17, 15) is 4.79 Å². The van der Waals surface area contributed by atoms with Gasteiger partial charge in [0.15, 0.2) is 0 Å². The summed E-state index contributed by atoms with van der Waals surface area (Å²) in [6.07, 6.45) is 0. The predicted molar refractivity (Wildman–Crippen MR) is 71.5 cm³/mol. The van der Waals surface area contributed by atoms with Gasteiger partial charge in [-0.3, -0.25) is 9.69 Å². The zero-order chi connectivity index (χ0) is 14.4. The van der Waals surface area contributed by atoms with E-state index >= 15 is 0 Å². The maximum atomic E-state index is 10.7. The third-order valence-electron chi connectivity index (χ3n) is 2.76. The fourth-order valence-electron chi connectivity index (χ4n) is 1.75. The van der Waals surface area contributed by atoms with Gasteiger partial charge in [0.25, 0.3) is 0 Å². The van der Waals surface area contributed by atoms with Crippen molar-refractivity contribution in [2.45, 2.75) is 12.6 Å². The van der Waals surface area contributed by atoms with E-state index < -0.39 is 12.0 Å². The highest BCUT2D eigenvalue weighted by molar-refractivity contribution is 5.73. The van der Waals surface area contributed by atoms with Crippen LogP contribution in [0.15, 0.2) is 18.2 Å². The van der Waals surface area contributed by atoms with E-state index in [0.29, 0.717) is 18.0 Å². The second-order valence-corrected chi connectivity index (χ2v) is 4.32. The van der Waals surface area contributed by atoms with Crippen LogP contribution in [-0.4, -0.2) is 49.8 Å². The minimum absolute atomic E-state index is 0.268. The largest absolute Gasteiger partial charge is 0.497 e. The Bertz CT molecular complexity index is 437. The van der Waals surface area contributed by atoms with E-state index in [1.807, 2.05) is 24.1 Å². The highest BCUT2D eigenvalue weighted by Crippen LogP contribution is 2.25. The molecule has 0 fully saturated rings. The van der Waals surface area contributed by atoms with Crippen molar-refractivity contribution < 1.29 is 19.4 Å². The third-order valence-corrected chi connectivity index (χ3v) is 2.76. The van der Waals surface area contributed by atoms with Gasteiger partial charge in [0.2, 0.25) is 0 Å². The minimum atomic E-state index is -1.01. The van der Waals surface area contributed by atoms with Crippen molar-refractivity contribution in [1.82, 2.24) is 4.90 Å². The molecule has 0 aromatic heterocycles. The maximum Gasteiger partial charge on any atom is 0.321 e. The number of ether oxygens (including phenoxy) is 2. The van der Waals surface area contributed by atoms with E-state index in [1.165, 1.54) is 0 Å². The molecule has 6 heteroatoms. The summed E-state index contributed by atoms with van der Waals surface area (Å²) in [5.41, 5.74) is 6.44. The second-order valence-electron chi connectivity index (χ2n) is 4.32. The third kappa shape index (κ3) is 4.42. The zero-order valence-electron chi connectivity index (χ0n) is 11.4. The molecule has 0 radical (unpaired) electrons. The van der Waals surface area contributed by atoms with Crippen molar-refractivity contribution in [2.24, 2.45) is 5.73 Å². The molecule has 106 valence electrons. The number of likely N-dealkylation sites (N-methyl/N-ethyl adjacent to an activating group) is 1. The van der Waals surface area contributed by atoms with Crippen LogP contribution in [0.3, 0.4) is 0 Å². The monoisotopic (exact) mass is 268 g/mol. The summed E-state index contributed by atoms with van der Waals surface area (Å²) >= 11 is 0. The standard InChI is InChI=1S/C13H20N2O4/c1-15(8-11(14)13(16)17)7-9-4-5-10(18-2)6-12(9)19-3/h4-6,11H,7-8,14H2,1-3H3,(H,16,17). The summed E-state index contributed by atoms with van der Waals surface area (Å²) in [5, 5.41) is 8.77. The average molecular weight is 268 g/mol. The minimum Gasteiger partial charge on any atom is -0.497 e. The number of carbonyl (C=O) groups is 1. The molecule has 1 aromatic rings. The SMILES string of the molecule is COc1ccc(CN(C)CC(N)C(=O)O)c(OC)c1. The van der Waals surface area contributed by atoms with Crippen molar-refractivity contribution in [1.29, 1.82) is 0 Å². The predicted octanol–water partition coefficient (Wildman–Crippen LogP) is 0.548. The van der Waals surface area contributed by atoms with Gasteiger partial charge >= 0.3 is 5.97 Å². The average Bonchev–Trinajstić information content (AvgIpc) is 2.38. The fraction of sp³-hybridized carbons (Fsp3) is 0.462. The van der Waals surface area contributed by atoms with Crippen LogP contribution in [0.2, 0.25) is 0 Å². The number of hydrogen-bond donors (Lipinski definition) is 2. The van der Waals surface area contributed by atoms with Crippen molar-refractivity contribution in [3.8, 4) is 11.5 Å². The van der Waals surface area contributed by atoms with E-state index in [1.54, 1.807) is 20.3 Å². The van der Waals surface area contributed by atoms with Gasteiger partial charge in [-0.1, -0.05) is 6.07 Å². The van der Waals surface area contributed by atoms with Gasteiger partial charge < -0.3 is 20.3 Å². The molecule has 1 unspecified atom stereocenters. The molecule has 1 aromatic carbocycles. The van der Waals surface area contributed by atoms with Gasteiger partial charge in [-0.25, -0.2) is 0 Å². The van der Waals surface area contributed by atoms with Crippen molar-refractivity contribution >= 4 is 5.97 Å². The van der Waals surface area contributed by atoms with Crippen molar-refractivity contribution in [3.05, 3.63) is 23.8 Å². The molecule has 3 N–H and O–H groups in total. The van der Waals surface area contributed by atoms with Gasteiger partial charge in [-0.2, -0.15) is 0 Å². The van der Waals surface area contributed by atoms with E-state index in [-0.39, 0.29) is 6.54 Å². The molecule has 1 rings (SSSR count).